The van der Waals surface area contributed by atoms with Crippen molar-refractivity contribution in [3.8, 4) is 5.75 Å². The average molecular weight is 582 g/mol. The van der Waals surface area contributed by atoms with Crippen LogP contribution in [0.3, 0.4) is 0 Å². The molecule has 3 heterocycles. The second-order valence-corrected chi connectivity index (χ2v) is 11.2. The van der Waals surface area contributed by atoms with Crippen molar-refractivity contribution >= 4 is 51.5 Å². The Morgan fingerprint density at radius 3 is 2.67 bits per heavy atom. The van der Waals surface area contributed by atoms with Crippen LogP contribution in [0.5, 0.6) is 5.75 Å². The molecule has 200 valence electrons. The summed E-state index contributed by atoms with van der Waals surface area (Å²) >= 11 is 8.90. The summed E-state index contributed by atoms with van der Waals surface area (Å²) in [6.45, 7) is 2.68. The molecule has 11 heteroatoms. The largest absolute Gasteiger partial charge is 0.503 e. The molecule has 0 fully saturated rings. The van der Waals surface area contributed by atoms with E-state index in [1.165, 1.54) is 40.3 Å². The van der Waals surface area contributed by atoms with Gasteiger partial charge in [-0.15, -0.1) is 10.2 Å². The number of aliphatic hydroxyl groups excluding tert-OH is 1. The van der Waals surface area contributed by atoms with E-state index in [0.717, 1.165) is 18.4 Å². The Hall–Kier alpha value is -3.60. The first-order valence-electron chi connectivity index (χ1n) is 12.2. The molecule has 2 aromatic heterocycles. The predicted octanol–water partition coefficient (Wildman–Crippen LogP) is 7.04. The molecule has 1 aliphatic rings. The van der Waals surface area contributed by atoms with Crippen LogP contribution in [-0.2, 0) is 10.5 Å². The number of Topliss-reactive ketones (excluding diaryl/α,β-unsaturated/α-hetero) is 1. The molecule has 1 atom stereocenters. The number of furan rings is 1. The Kier molecular flexibility index (Phi) is 8.35. The lowest BCUT2D eigenvalue weighted by molar-refractivity contribution is -0.117. The number of benzene rings is 2. The van der Waals surface area contributed by atoms with Crippen molar-refractivity contribution in [2.24, 2.45) is 0 Å². The fraction of sp³-hybridized carbons (Fsp3) is 0.214. The normalized spacial score (nSPS) is 15.3. The number of unbranched alkanes of at least 4 members (excludes halogenated alkanes) is 1. The van der Waals surface area contributed by atoms with Gasteiger partial charge in [0, 0.05) is 10.8 Å². The van der Waals surface area contributed by atoms with Gasteiger partial charge in [0.05, 0.1) is 24.5 Å². The predicted molar refractivity (Wildman–Crippen MR) is 151 cm³/mol. The van der Waals surface area contributed by atoms with Crippen LogP contribution in [-0.4, -0.2) is 33.6 Å². The van der Waals surface area contributed by atoms with E-state index in [2.05, 4.69) is 17.1 Å². The maximum atomic E-state index is 13.4. The second kappa shape index (κ2) is 12.1. The van der Waals surface area contributed by atoms with E-state index in [9.17, 15) is 14.7 Å². The van der Waals surface area contributed by atoms with Gasteiger partial charge in [-0.05, 0) is 47.9 Å². The third kappa shape index (κ3) is 5.73. The lowest BCUT2D eigenvalue weighted by Gasteiger charge is -2.24. The fourth-order valence-electron chi connectivity index (χ4n) is 4.08. The molecule has 39 heavy (non-hydrogen) atoms. The van der Waals surface area contributed by atoms with Crippen LogP contribution < -0.4 is 9.64 Å². The number of halogens is 1. The van der Waals surface area contributed by atoms with Crippen LogP contribution in [0, 0.1) is 0 Å². The molecule has 5 rings (SSSR count). The van der Waals surface area contributed by atoms with Gasteiger partial charge in [-0.1, -0.05) is 78.4 Å². The average Bonchev–Trinajstić information content (AvgIpc) is 3.70. The molecular weight excluding hydrogens is 558 g/mol. The van der Waals surface area contributed by atoms with Crippen LogP contribution in [0.25, 0.3) is 0 Å². The molecule has 1 N–H and O–H groups in total. The van der Waals surface area contributed by atoms with Gasteiger partial charge in [0.2, 0.25) is 10.9 Å². The molecule has 1 unspecified atom stereocenters. The molecule has 4 aromatic rings. The van der Waals surface area contributed by atoms with Crippen molar-refractivity contribution in [1.82, 2.24) is 10.2 Å². The van der Waals surface area contributed by atoms with E-state index in [1.807, 2.05) is 24.3 Å². The van der Waals surface area contributed by atoms with Crippen LogP contribution in [0.15, 0.2) is 87.0 Å². The van der Waals surface area contributed by atoms with Gasteiger partial charge in [0.15, 0.2) is 15.9 Å². The molecule has 1 amide bonds. The number of ether oxygens (including phenoxy) is 1. The highest BCUT2D eigenvalue weighted by molar-refractivity contribution is 8.00. The SMILES string of the molecule is CCCCOc1ccc(C2C(C(=O)c3ccco3)=C(O)C(=O)N2c2nnc(SCc3ccccc3Cl)s2)cc1. The van der Waals surface area contributed by atoms with E-state index in [1.54, 1.807) is 30.3 Å². The zero-order chi connectivity index (χ0) is 27.4. The first-order chi connectivity index (χ1) is 19.0. The highest BCUT2D eigenvalue weighted by Gasteiger charge is 2.46. The van der Waals surface area contributed by atoms with Crippen molar-refractivity contribution in [3.63, 3.8) is 0 Å². The van der Waals surface area contributed by atoms with Gasteiger partial charge in [0.1, 0.15) is 5.75 Å². The Labute approximate surface area is 238 Å². The summed E-state index contributed by atoms with van der Waals surface area (Å²) in [4.78, 5) is 28.1. The van der Waals surface area contributed by atoms with E-state index in [4.69, 9.17) is 20.8 Å². The summed E-state index contributed by atoms with van der Waals surface area (Å²) in [5.74, 6) is -0.716. The van der Waals surface area contributed by atoms with Crippen molar-refractivity contribution in [3.05, 3.63) is 100 Å². The Morgan fingerprint density at radius 1 is 1.15 bits per heavy atom. The zero-order valence-electron chi connectivity index (χ0n) is 20.9. The van der Waals surface area contributed by atoms with Gasteiger partial charge in [0.25, 0.3) is 5.91 Å². The lowest BCUT2D eigenvalue weighted by Crippen LogP contribution is -2.31. The first kappa shape index (κ1) is 27.0. The summed E-state index contributed by atoms with van der Waals surface area (Å²) in [7, 11) is 0. The fourth-order valence-corrected chi connectivity index (χ4v) is 6.24. The minimum atomic E-state index is -0.936. The standard InChI is InChI=1S/C28H24ClN3O5S2/c1-2-3-14-36-19-12-10-17(11-13-19)23-22(24(33)21-9-6-15-37-21)25(34)26(35)32(23)27-30-31-28(39-27)38-16-18-7-4-5-8-20(18)29/h4-13,15,23,34H,2-3,14,16H2,1H3. The highest BCUT2D eigenvalue weighted by Crippen LogP contribution is 2.44. The quantitative estimate of drug-likeness (QED) is 0.0870. The number of aromatic nitrogens is 2. The Morgan fingerprint density at radius 2 is 1.95 bits per heavy atom. The molecule has 0 spiro atoms. The Balaban J connectivity index is 1.46. The van der Waals surface area contributed by atoms with Crippen LogP contribution in [0.1, 0.15) is 47.5 Å². The van der Waals surface area contributed by atoms with E-state index in [-0.39, 0.29) is 16.5 Å². The monoisotopic (exact) mass is 581 g/mol. The highest BCUT2D eigenvalue weighted by atomic mass is 35.5. The maximum Gasteiger partial charge on any atom is 0.296 e. The van der Waals surface area contributed by atoms with Crippen LogP contribution in [0.2, 0.25) is 5.02 Å². The van der Waals surface area contributed by atoms with Crippen LogP contribution in [0.4, 0.5) is 5.13 Å². The van der Waals surface area contributed by atoms with Gasteiger partial charge >= 0.3 is 0 Å². The molecule has 0 radical (unpaired) electrons. The van der Waals surface area contributed by atoms with Crippen molar-refractivity contribution in [2.75, 3.05) is 11.5 Å². The third-order valence-corrected chi connectivity index (χ3v) is 8.54. The number of thioether (sulfide) groups is 1. The molecule has 0 bridgehead atoms. The molecule has 1 aliphatic heterocycles. The summed E-state index contributed by atoms with van der Waals surface area (Å²) in [5, 5.41) is 20.3. The summed E-state index contributed by atoms with van der Waals surface area (Å²) in [6, 6.07) is 16.8. The van der Waals surface area contributed by atoms with E-state index >= 15 is 0 Å². The number of rotatable bonds is 11. The molecular formula is C28H24ClN3O5S2. The topological polar surface area (TPSA) is 106 Å². The molecule has 8 nitrogen and oxygen atoms in total. The molecule has 0 aliphatic carbocycles. The smallest absolute Gasteiger partial charge is 0.296 e. The number of aliphatic hydroxyl groups is 1. The summed E-state index contributed by atoms with van der Waals surface area (Å²) in [5.41, 5.74) is 1.46. The lowest BCUT2D eigenvalue weighted by atomic mass is 9.95. The van der Waals surface area contributed by atoms with E-state index < -0.39 is 23.5 Å². The van der Waals surface area contributed by atoms with Gasteiger partial charge < -0.3 is 14.3 Å². The number of anilines is 1. The van der Waals surface area contributed by atoms with E-state index in [0.29, 0.717) is 33.0 Å². The summed E-state index contributed by atoms with van der Waals surface area (Å²) < 4.78 is 11.7. The zero-order valence-corrected chi connectivity index (χ0v) is 23.3. The molecule has 0 saturated heterocycles. The number of hydrogen-bond acceptors (Lipinski definition) is 9. The number of ketones is 1. The van der Waals surface area contributed by atoms with Crippen LogP contribution >= 0.6 is 34.7 Å². The Bertz CT molecular complexity index is 1500. The number of nitrogens with zero attached hydrogens (tertiary/aromatic N) is 3. The molecule has 0 saturated carbocycles. The summed E-state index contributed by atoms with van der Waals surface area (Å²) in [6.07, 6.45) is 3.31. The minimum Gasteiger partial charge on any atom is -0.503 e. The van der Waals surface area contributed by atoms with Crippen molar-refractivity contribution < 1.29 is 23.8 Å². The number of carbonyl (C=O) groups excluding carboxylic acids is 2. The van der Waals surface area contributed by atoms with Crippen molar-refractivity contribution in [2.45, 2.75) is 35.9 Å². The van der Waals surface area contributed by atoms with Gasteiger partial charge in [-0.3, -0.25) is 14.5 Å². The van der Waals surface area contributed by atoms with Gasteiger partial charge in [-0.2, -0.15) is 0 Å². The first-order valence-corrected chi connectivity index (χ1v) is 14.4. The number of hydrogen-bond donors (Lipinski definition) is 1. The maximum absolute atomic E-state index is 13.4. The minimum absolute atomic E-state index is 0.0176. The number of amides is 1. The number of carbonyl (C=O) groups is 2. The second-order valence-electron chi connectivity index (χ2n) is 8.65. The molecule has 2 aromatic carbocycles. The third-order valence-electron chi connectivity index (χ3n) is 6.07. The van der Waals surface area contributed by atoms with Crippen molar-refractivity contribution in [1.29, 1.82) is 0 Å². The van der Waals surface area contributed by atoms with Gasteiger partial charge in [-0.25, -0.2) is 0 Å².